The first kappa shape index (κ1) is 104. The van der Waals surface area contributed by atoms with Gasteiger partial charge in [0, 0.05) is 54.3 Å². The van der Waals surface area contributed by atoms with Crippen molar-refractivity contribution >= 4 is 350 Å². The average molecular weight is 2290 g/mol. The maximum Gasteiger partial charge on any atom is 0.496 e. The number of rotatable bonds is 18. The van der Waals surface area contributed by atoms with Gasteiger partial charge >= 0.3 is 7.12 Å². The Kier molecular flexibility index (Phi) is 38.2. The van der Waals surface area contributed by atoms with Gasteiger partial charge in [0.2, 0.25) is 19.7 Å². The van der Waals surface area contributed by atoms with Gasteiger partial charge in [-0.25, -0.2) is 16.8 Å². The molecular formula is C74H96BBrN2O8P32S2. The number of ketones is 2. The lowest BCUT2D eigenvalue weighted by molar-refractivity contribution is 0.00578. The molecule has 10 aromatic rings. The molecular weight excluding hydrogens is 2190 g/mol. The molecule has 10 nitrogen and oxygen atoms in total. The van der Waals surface area contributed by atoms with E-state index in [4.69, 9.17) is 9.31 Å². The number of sulfone groups is 2. The molecule has 5 aliphatic heterocycles. The van der Waals surface area contributed by atoms with Gasteiger partial charge in [0.1, 0.15) is 0 Å². The fourth-order valence-corrected chi connectivity index (χ4v) is 433. The largest absolute Gasteiger partial charge is 0.496 e. The molecule has 0 radical (unpaired) electrons. The van der Waals surface area contributed by atoms with Crippen molar-refractivity contribution in [3.63, 3.8) is 0 Å². The van der Waals surface area contributed by atoms with Crippen molar-refractivity contribution in [3.05, 3.63) is 280 Å². The third-order valence-electron chi connectivity index (χ3n) is 20.9. The molecule has 20 unspecified atom stereocenters. The SMILES string of the molecule is CC1(C)c2ccccc2N(c2ccccc2-c2ccc3c(c2)C(=O)c2ccccc2S3(=O)=O)c2ccccc21.CC1(C)c2ccccc2N(c2ccccc2B2OC(C)(C)C(C)(C)O2)c2ccccc21.O=C1c2ccccc2S(=O)(=O)c2ccc(Br)cc21.PP(P)P(P)P(P(P)P)P(P(P(P)P)P(P)P)P(P(P(P)P)P(P)P)P(P(P)P)P(P)P. The molecule has 10 aromatic carbocycles. The van der Waals surface area contributed by atoms with Gasteiger partial charge in [-0.15, -0.1) is 152 Å². The first-order valence-electron chi connectivity index (χ1n) is 36.4. The molecule has 0 N–H and O–H groups in total. The van der Waals surface area contributed by atoms with Crippen molar-refractivity contribution in [1.29, 1.82) is 0 Å². The molecule has 0 bridgehead atoms. The van der Waals surface area contributed by atoms with Crippen molar-refractivity contribution < 1.29 is 35.7 Å². The standard InChI is InChI=1S/C34H25NO3S.C27H30BNO2.C13H7BrO3S.H34P32/c1-34(2)26-13-5-8-16-29(26)35(30-17-9-6-14-27(30)34)28-15-7-3-11-23(28)22-19-20-32-25(21-22)33(36)24-12-4-10-18-31(24)39(32,37)38;1-25(2)19-13-7-10-16-22(19)29(23-17-11-8-14-20(23)25)24-18-12-9-15-21(24)28-30-26(3,4)27(5,6)31-28;14-8-5-6-12-10(7-8)13(15)9-3-1-2-4-11(9)18(12,16)17;1-18(2)26(17)30(25(15)16)32(29(23(11)12)24(13)14)31(27(19(3)4)20(5)6)28(21(7)8)22(9)10/h3-21H,1-2H3;7-18H,1-6H3;1-7H;1-17H2. The summed E-state index contributed by atoms with van der Waals surface area (Å²) in [6.45, 7) is 17.0. The Morgan fingerprint density at radius 3 is 0.975 bits per heavy atom. The van der Waals surface area contributed by atoms with Crippen molar-refractivity contribution in [2.75, 3.05) is 9.80 Å². The molecule has 1 saturated heterocycles. The maximum atomic E-state index is 13.5. The Labute approximate surface area is 775 Å². The molecule has 120 heavy (non-hydrogen) atoms. The lowest BCUT2D eigenvalue weighted by Crippen LogP contribution is -2.41. The summed E-state index contributed by atoms with van der Waals surface area (Å²) in [6.07, 6.45) is 0. The monoisotopic (exact) mass is 2290 g/mol. The highest BCUT2D eigenvalue weighted by molar-refractivity contribution is 9.45. The predicted molar refractivity (Wildman–Crippen MR) is 621 cm³/mol. The van der Waals surface area contributed by atoms with Gasteiger partial charge in [-0.05, 0) is 251 Å². The number of anilines is 6. The number of fused-ring (bicyclic) bond motifs is 8. The van der Waals surface area contributed by atoms with Crippen LogP contribution in [0, 0.1) is 0 Å². The Morgan fingerprint density at radius 1 is 0.308 bits per heavy atom. The summed E-state index contributed by atoms with van der Waals surface area (Å²) in [5.74, 6) is -0.526. The van der Waals surface area contributed by atoms with Crippen LogP contribution in [0.25, 0.3) is 11.1 Å². The lowest BCUT2D eigenvalue weighted by atomic mass is 9.72. The van der Waals surface area contributed by atoms with E-state index in [-0.39, 0.29) is 180 Å². The Bertz CT molecular complexity index is 5590. The molecule has 46 heteroatoms. The predicted octanol–water partition coefficient (Wildman–Crippen LogP) is 35.2. The van der Waals surface area contributed by atoms with Gasteiger partial charge < -0.3 is 19.1 Å². The number of benzene rings is 10. The number of hydrogen-bond acceptors (Lipinski definition) is 10. The molecule has 0 aliphatic carbocycles. The quantitative estimate of drug-likeness (QED) is 0.0605. The van der Waals surface area contributed by atoms with Gasteiger partial charge in [0.25, 0.3) is 0 Å². The van der Waals surface area contributed by atoms with Gasteiger partial charge in [0.15, 0.2) is 11.6 Å². The Hall–Kier alpha value is 5.26. The van der Waals surface area contributed by atoms with E-state index in [0.29, 0.717) is 4.47 Å². The van der Waals surface area contributed by atoms with Crippen LogP contribution in [0.15, 0.2) is 255 Å². The van der Waals surface area contributed by atoms with E-state index in [0.717, 1.165) is 39.3 Å². The minimum atomic E-state index is -3.79. The van der Waals surface area contributed by atoms with Crippen LogP contribution in [0.5, 0.6) is 0 Å². The summed E-state index contributed by atoms with van der Waals surface area (Å²) in [5.41, 5.74) is 14.3. The highest BCUT2D eigenvalue weighted by Crippen LogP contribution is 3.39. The fourth-order valence-electron chi connectivity index (χ4n) is 14.7. The second kappa shape index (κ2) is 44.0. The van der Waals surface area contributed by atoms with E-state index in [1.807, 2.05) is 24.3 Å². The summed E-state index contributed by atoms with van der Waals surface area (Å²) in [6, 6.07) is 73.3. The Morgan fingerprint density at radius 2 is 0.600 bits per heavy atom. The van der Waals surface area contributed by atoms with E-state index in [1.54, 1.807) is 60.7 Å². The number of nitrogens with zero attached hydrogens (tertiary/aromatic N) is 2. The van der Waals surface area contributed by atoms with Gasteiger partial charge in [0.05, 0.1) is 59.2 Å². The molecule has 20 atom stereocenters. The number of para-hydroxylation sites is 6. The van der Waals surface area contributed by atoms with Crippen molar-refractivity contribution in [2.45, 2.75) is 97.0 Å². The molecule has 5 heterocycles. The molecule has 632 valence electrons. The molecule has 0 amide bonds. The minimum Gasteiger partial charge on any atom is -0.399 e. The summed E-state index contributed by atoms with van der Waals surface area (Å²) < 4.78 is 65.1. The van der Waals surface area contributed by atoms with Crippen molar-refractivity contribution in [1.82, 2.24) is 0 Å². The van der Waals surface area contributed by atoms with Crippen molar-refractivity contribution in [2.24, 2.45) is 0 Å². The zero-order valence-corrected chi connectivity index (χ0v) is 103. The van der Waals surface area contributed by atoms with E-state index in [1.165, 1.54) is 51.8 Å². The molecule has 15 rings (SSSR count). The number of hydrogen-bond donors (Lipinski definition) is 0. The Balaban J connectivity index is 0.000000151. The molecule has 1 fully saturated rings. The molecule has 0 spiro atoms. The topological polar surface area (TPSA) is 127 Å². The third-order valence-corrected chi connectivity index (χ3v) is 238. The van der Waals surface area contributed by atoms with Crippen LogP contribution >= 0.6 is 273 Å². The molecule has 0 aromatic heterocycles. The zero-order chi connectivity index (χ0) is 87.5. The summed E-state index contributed by atoms with van der Waals surface area (Å²) >= 11 is 3.25. The summed E-state index contributed by atoms with van der Waals surface area (Å²) in [4.78, 5) is 30.7. The van der Waals surface area contributed by atoms with Crippen LogP contribution in [-0.4, -0.2) is 46.7 Å². The summed E-state index contributed by atoms with van der Waals surface area (Å²) in [5, 5.41) is 0. The second-order valence-corrected chi connectivity index (χ2v) is 164. The van der Waals surface area contributed by atoms with Crippen LogP contribution in [0.1, 0.15) is 109 Å². The second-order valence-electron chi connectivity index (χ2n) is 29.6. The van der Waals surface area contributed by atoms with Gasteiger partial charge in [-0.1, -0.05) is 183 Å². The smallest absolute Gasteiger partial charge is 0.399 e. The highest BCUT2D eigenvalue weighted by Gasteiger charge is 2.55. The van der Waals surface area contributed by atoms with Crippen molar-refractivity contribution in [3.8, 4) is 11.1 Å². The van der Waals surface area contributed by atoms with Gasteiger partial charge in [-0.3, -0.25) is 9.59 Å². The average Bonchev–Trinajstić information content (AvgIpc) is 1.51. The normalized spacial score (nSPS) is 17.3. The van der Waals surface area contributed by atoms with E-state index in [9.17, 15) is 26.4 Å². The zero-order valence-electron chi connectivity index (χ0n) is 66.4. The van der Waals surface area contributed by atoms with E-state index >= 15 is 0 Å². The number of halogens is 1. The van der Waals surface area contributed by atoms with E-state index < -0.39 is 26.8 Å². The van der Waals surface area contributed by atoms with Crippen LogP contribution in [-0.2, 0) is 39.8 Å². The van der Waals surface area contributed by atoms with Crippen LogP contribution < -0.4 is 15.3 Å². The van der Waals surface area contributed by atoms with Crippen LogP contribution in [0.4, 0.5) is 34.1 Å². The molecule has 5 aliphatic rings. The lowest BCUT2D eigenvalue weighted by Gasteiger charge is -2.53. The van der Waals surface area contributed by atoms with Gasteiger partial charge in [-0.2, -0.15) is 0 Å². The molecule has 0 saturated carbocycles. The summed E-state index contributed by atoms with van der Waals surface area (Å²) in [7, 11) is 48.5. The minimum absolute atomic E-state index is 0.0135. The first-order valence-corrected chi connectivity index (χ1v) is 97.6. The highest BCUT2D eigenvalue weighted by atomic mass is 79.9. The third kappa shape index (κ3) is 21.9. The first-order chi connectivity index (χ1) is 56.4. The fraction of sp³-hybridized carbons (Fsp3) is 0.162. The number of carbonyl (C=O) groups is 2. The van der Waals surface area contributed by atoms with Crippen LogP contribution in [0.3, 0.4) is 0 Å². The van der Waals surface area contributed by atoms with Crippen LogP contribution in [0.2, 0.25) is 0 Å². The number of carbonyl (C=O) groups excluding carboxylic acids is 2. The maximum absolute atomic E-state index is 13.5. The van der Waals surface area contributed by atoms with E-state index in [2.05, 4.69) is 360 Å².